The molecule has 1 heterocycles. The Bertz CT molecular complexity index is 311. The summed E-state index contributed by atoms with van der Waals surface area (Å²) in [7, 11) is 0. The highest BCUT2D eigenvalue weighted by Gasteiger charge is 2.44. The summed E-state index contributed by atoms with van der Waals surface area (Å²) in [6.45, 7) is 16.9. The maximum atomic E-state index is 3.84. The molecule has 1 saturated heterocycles. The largest absolute Gasteiger partial charge is 0.311 e. The second kappa shape index (κ2) is 6.36. The van der Waals surface area contributed by atoms with Crippen LogP contribution in [-0.2, 0) is 0 Å². The van der Waals surface area contributed by atoms with E-state index < -0.39 is 0 Å². The van der Waals surface area contributed by atoms with Crippen LogP contribution in [0.15, 0.2) is 0 Å². The molecule has 0 aromatic heterocycles. The fourth-order valence-corrected chi connectivity index (χ4v) is 4.38. The van der Waals surface area contributed by atoms with Crippen molar-refractivity contribution < 1.29 is 0 Å². The molecule has 4 atom stereocenters. The van der Waals surface area contributed by atoms with E-state index in [1.54, 1.807) is 0 Å². The molecule has 2 heteroatoms. The lowest BCUT2D eigenvalue weighted by molar-refractivity contribution is 0.00737. The van der Waals surface area contributed by atoms with Crippen molar-refractivity contribution in [1.29, 1.82) is 0 Å². The molecule has 0 aromatic rings. The summed E-state index contributed by atoms with van der Waals surface area (Å²) in [5.41, 5.74) is 0.504. The molecular weight excluding hydrogens is 244 g/mol. The van der Waals surface area contributed by atoms with Gasteiger partial charge in [0.1, 0.15) is 0 Å². The average Bonchev–Trinajstić information content (AvgIpc) is 2.76. The highest BCUT2D eigenvalue weighted by Crippen LogP contribution is 2.42. The zero-order valence-electron chi connectivity index (χ0n) is 14.6. The van der Waals surface area contributed by atoms with Crippen LogP contribution in [0.1, 0.15) is 67.2 Å². The Labute approximate surface area is 126 Å². The summed E-state index contributed by atoms with van der Waals surface area (Å²) in [6.07, 6.45) is 5.51. The Kier molecular flexibility index (Phi) is 5.18. The van der Waals surface area contributed by atoms with Crippen LogP contribution in [0.2, 0.25) is 0 Å². The monoisotopic (exact) mass is 280 g/mol. The Morgan fingerprint density at radius 1 is 1.25 bits per heavy atom. The Hall–Kier alpha value is -0.0800. The van der Waals surface area contributed by atoms with Crippen molar-refractivity contribution in [2.75, 3.05) is 13.1 Å². The van der Waals surface area contributed by atoms with Gasteiger partial charge in [0.05, 0.1) is 0 Å². The van der Waals surface area contributed by atoms with Crippen molar-refractivity contribution in [3.8, 4) is 0 Å². The summed E-state index contributed by atoms with van der Waals surface area (Å²) in [5.74, 6) is 1.53. The number of nitrogens with one attached hydrogen (secondary N) is 1. The van der Waals surface area contributed by atoms with Gasteiger partial charge in [-0.2, -0.15) is 0 Å². The molecular formula is C18H36N2. The molecule has 0 aromatic carbocycles. The molecule has 20 heavy (non-hydrogen) atoms. The Morgan fingerprint density at radius 2 is 1.95 bits per heavy atom. The van der Waals surface area contributed by atoms with Crippen molar-refractivity contribution in [3.05, 3.63) is 0 Å². The molecule has 118 valence electrons. The van der Waals surface area contributed by atoms with Crippen molar-refractivity contribution in [1.82, 2.24) is 10.2 Å². The molecule has 4 unspecified atom stereocenters. The predicted octanol–water partition coefficient (Wildman–Crippen LogP) is 3.91. The zero-order valence-corrected chi connectivity index (χ0v) is 14.6. The predicted molar refractivity (Wildman–Crippen MR) is 88.0 cm³/mol. The molecule has 1 aliphatic carbocycles. The second-order valence-electron chi connectivity index (χ2n) is 8.31. The lowest BCUT2D eigenvalue weighted by Gasteiger charge is -2.50. The summed E-state index contributed by atoms with van der Waals surface area (Å²) in [4.78, 5) is 2.89. The third kappa shape index (κ3) is 3.22. The maximum Gasteiger partial charge on any atom is 0.0247 e. The fraction of sp³-hybridized carbons (Fsp3) is 1.00. The van der Waals surface area contributed by atoms with Gasteiger partial charge in [0.2, 0.25) is 0 Å². The highest BCUT2D eigenvalue weighted by atomic mass is 15.3. The van der Waals surface area contributed by atoms with Crippen LogP contribution in [-0.4, -0.2) is 36.1 Å². The minimum atomic E-state index is 0.504. The summed E-state index contributed by atoms with van der Waals surface area (Å²) in [5, 5.41) is 3.84. The lowest BCUT2D eigenvalue weighted by atomic mass is 9.82. The minimum absolute atomic E-state index is 0.504. The third-order valence-corrected chi connectivity index (χ3v) is 6.12. The van der Waals surface area contributed by atoms with E-state index in [4.69, 9.17) is 0 Å². The van der Waals surface area contributed by atoms with Gasteiger partial charge in [-0.3, -0.25) is 4.90 Å². The van der Waals surface area contributed by atoms with Crippen molar-refractivity contribution >= 4 is 0 Å². The SMILES string of the molecule is CCC(C)C1CN(C2CCCC2(C)C)C(C(C)C)CN1. The Balaban J connectivity index is 2.15. The van der Waals surface area contributed by atoms with Gasteiger partial charge in [0.25, 0.3) is 0 Å². The van der Waals surface area contributed by atoms with E-state index in [2.05, 4.69) is 51.8 Å². The van der Waals surface area contributed by atoms with E-state index in [0.717, 1.165) is 23.9 Å². The van der Waals surface area contributed by atoms with Crippen LogP contribution in [0.25, 0.3) is 0 Å². The number of hydrogen-bond acceptors (Lipinski definition) is 2. The van der Waals surface area contributed by atoms with E-state index in [0.29, 0.717) is 11.5 Å². The first-order chi connectivity index (χ1) is 9.36. The van der Waals surface area contributed by atoms with Gasteiger partial charge in [-0.15, -0.1) is 0 Å². The van der Waals surface area contributed by atoms with Crippen LogP contribution in [0.4, 0.5) is 0 Å². The normalized spacial score (nSPS) is 36.5. The van der Waals surface area contributed by atoms with Gasteiger partial charge in [-0.1, -0.05) is 54.4 Å². The van der Waals surface area contributed by atoms with Gasteiger partial charge < -0.3 is 5.32 Å². The first kappa shape index (κ1) is 16.3. The highest BCUT2D eigenvalue weighted by molar-refractivity contribution is 4.99. The van der Waals surface area contributed by atoms with E-state index in [1.165, 1.54) is 38.8 Å². The van der Waals surface area contributed by atoms with Crippen LogP contribution < -0.4 is 5.32 Å². The summed E-state index contributed by atoms with van der Waals surface area (Å²) < 4.78 is 0. The molecule has 1 N–H and O–H groups in total. The quantitative estimate of drug-likeness (QED) is 0.840. The zero-order chi connectivity index (χ0) is 14.9. The molecule has 2 fully saturated rings. The third-order valence-electron chi connectivity index (χ3n) is 6.12. The van der Waals surface area contributed by atoms with Gasteiger partial charge in [-0.05, 0) is 30.1 Å². The number of hydrogen-bond donors (Lipinski definition) is 1. The van der Waals surface area contributed by atoms with Crippen LogP contribution in [0.3, 0.4) is 0 Å². The molecule has 0 radical (unpaired) electrons. The molecule has 0 bridgehead atoms. The van der Waals surface area contributed by atoms with Gasteiger partial charge in [0.15, 0.2) is 0 Å². The van der Waals surface area contributed by atoms with E-state index in [-0.39, 0.29) is 0 Å². The smallest absolute Gasteiger partial charge is 0.0247 e. The summed E-state index contributed by atoms with van der Waals surface area (Å²) >= 11 is 0. The molecule has 2 aliphatic rings. The van der Waals surface area contributed by atoms with Crippen LogP contribution >= 0.6 is 0 Å². The van der Waals surface area contributed by atoms with E-state index in [9.17, 15) is 0 Å². The molecule has 1 aliphatic heterocycles. The van der Waals surface area contributed by atoms with Gasteiger partial charge in [-0.25, -0.2) is 0 Å². The maximum absolute atomic E-state index is 3.84. The van der Waals surface area contributed by atoms with Crippen LogP contribution in [0, 0.1) is 17.3 Å². The standard InChI is InChI=1S/C18H36N2/c1-7-14(4)15-12-20(16(11-19-15)13(2)3)17-9-8-10-18(17,5)6/h13-17,19H,7-12H2,1-6H3. The van der Waals surface area contributed by atoms with E-state index in [1.807, 2.05) is 0 Å². The Morgan fingerprint density at radius 3 is 2.45 bits per heavy atom. The molecule has 1 saturated carbocycles. The average molecular weight is 280 g/mol. The fourth-order valence-electron chi connectivity index (χ4n) is 4.38. The molecule has 2 nitrogen and oxygen atoms in total. The van der Waals surface area contributed by atoms with Gasteiger partial charge >= 0.3 is 0 Å². The number of nitrogens with zero attached hydrogens (tertiary/aromatic N) is 1. The van der Waals surface area contributed by atoms with Crippen molar-refractivity contribution in [2.45, 2.75) is 85.4 Å². The first-order valence-electron chi connectivity index (χ1n) is 8.86. The summed E-state index contributed by atoms with van der Waals surface area (Å²) in [6, 6.07) is 2.20. The number of piperazine rings is 1. The van der Waals surface area contributed by atoms with Crippen molar-refractivity contribution in [3.63, 3.8) is 0 Å². The number of rotatable bonds is 4. The minimum Gasteiger partial charge on any atom is -0.311 e. The topological polar surface area (TPSA) is 15.3 Å². The molecule has 0 spiro atoms. The molecule has 0 amide bonds. The second-order valence-corrected chi connectivity index (χ2v) is 8.31. The van der Waals surface area contributed by atoms with Crippen LogP contribution in [0.5, 0.6) is 0 Å². The first-order valence-corrected chi connectivity index (χ1v) is 8.86. The van der Waals surface area contributed by atoms with E-state index >= 15 is 0 Å². The molecule has 2 rings (SSSR count). The van der Waals surface area contributed by atoms with Crippen molar-refractivity contribution in [2.24, 2.45) is 17.3 Å². The van der Waals surface area contributed by atoms with Gasteiger partial charge in [0, 0.05) is 31.2 Å². The lowest BCUT2D eigenvalue weighted by Crippen LogP contribution is -2.63.